The number of carbonyl (C=O) groups excluding carboxylic acids is 2. The van der Waals surface area contributed by atoms with Gasteiger partial charge in [-0.05, 0) is 18.4 Å². The predicted octanol–water partition coefficient (Wildman–Crippen LogP) is 3.79. The standard InChI is InChI=1S/C17H23NO2/c1-2-3-4-5-10-17(20)18-15-11-12-16(19)14-9-7-6-8-13(14)15/h6-9,15H,2-5,10-12H2,1H3,(H,18,20). The predicted molar refractivity (Wildman–Crippen MR) is 79.6 cm³/mol. The Hall–Kier alpha value is -1.64. The highest BCUT2D eigenvalue weighted by molar-refractivity contribution is 5.99. The molecule has 1 N–H and O–H groups in total. The molecule has 1 aromatic rings. The second-order valence-corrected chi connectivity index (χ2v) is 5.48. The van der Waals surface area contributed by atoms with Crippen molar-refractivity contribution in [3.05, 3.63) is 35.4 Å². The molecular formula is C17H23NO2. The van der Waals surface area contributed by atoms with Gasteiger partial charge in [0.15, 0.2) is 5.78 Å². The minimum atomic E-state index is 0.00238. The molecule has 108 valence electrons. The zero-order chi connectivity index (χ0) is 14.4. The van der Waals surface area contributed by atoms with Crippen LogP contribution in [0.15, 0.2) is 24.3 Å². The summed E-state index contributed by atoms with van der Waals surface area (Å²) in [7, 11) is 0. The zero-order valence-corrected chi connectivity index (χ0v) is 12.2. The number of amides is 1. The van der Waals surface area contributed by atoms with Gasteiger partial charge in [-0.2, -0.15) is 0 Å². The van der Waals surface area contributed by atoms with Crippen molar-refractivity contribution in [3.63, 3.8) is 0 Å². The molecule has 0 saturated heterocycles. The Morgan fingerprint density at radius 3 is 2.85 bits per heavy atom. The molecule has 0 aromatic heterocycles. The lowest BCUT2D eigenvalue weighted by atomic mass is 9.87. The SMILES string of the molecule is CCCCCCC(=O)NC1CCC(=O)c2ccccc21. The number of ketones is 1. The van der Waals surface area contributed by atoms with Crippen molar-refractivity contribution in [3.8, 4) is 0 Å². The first-order valence-corrected chi connectivity index (χ1v) is 7.64. The molecule has 3 nitrogen and oxygen atoms in total. The summed E-state index contributed by atoms with van der Waals surface area (Å²) in [5, 5.41) is 3.08. The van der Waals surface area contributed by atoms with Gasteiger partial charge < -0.3 is 5.32 Å². The molecule has 1 atom stereocenters. The summed E-state index contributed by atoms with van der Waals surface area (Å²) in [4.78, 5) is 23.8. The van der Waals surface area contributed by atoms with Crippen LogP contribution in [0.2, 0.25) is 0 Å². The van der Waals surface area contributed by atoms with Gasteiger partial charge in [0.25, 0.3) is 0 Å². The van der Waals surface area contributed by atoms with E-state index in [0.717, 1.165) is 30.4 Å². The summed E-state index contributed by atoms with van der Waals surface area (Å²) in [5.74, 6) is 0.296. The number of fused-ring (bicyclic) bond motifs is 1. The second-order valence-electron chi connectivity index (χ2n) is 5.48. The molecule has 1 amide bonds. The van der Waals surface area contributed by atoms with Crippen LogP contribution in [-0.4, -0.2) is 11.7 Å². The first-order chi connectivity index (χ1) is 9.72. The van der Waals surface area contributed by atoms with Gasteiger partial charge in [-0.3, -0.25) is 9.59 Å². The first-order valence-electron chi connectivity index (χ1n) is 7.64. The van der Waals surface area contributed by atoms with E-state index in [2.05, 4.69) is 12.2 Å². The van der Waals surface area contributed by atoms with E-state index in [1.54, 1.807) is 0 Å². The van der Waals surface area contributed by atoms with Crippen LogP contribution >= 0.6 is 0 Å². The molecule has 0 bridgehead atoms. The Morgan fingerprint density at radius 2 is 2.05 bits per heavy atom. The molecule has 1 aliphatic carbocycles. The number of rotatable bonds is 6. The molecule has 0 aliphatic heterocycles. The fourth-order valence-corrected chi connectivity index (χ4v) is 2.75. The molecule has 0 saturated carbocycles. The van der Waals surface area contributed by atoms with E-state index < -0.39 is 0 Å². The van der Waals surface area contributed by atoms with E-state index in [1.165, 1.54) is 12.8 Å². The summed E-state index contributed by atoms with van der Waals surface area (Å²) in [6, 6.07) is 7.62. The lowest BCUT2D eigenvalue weighted by Gasteiger charge is -2.25. The summed E-state index contributed by atoms with van der Waals surface area (Å²) < 4.78 is 0. The Morgan fingerprint density at radius 1 is 1.25 bits per heavy atom. The molecule has 0 heterocycles. The molecule has 0 spiro atoms. The van der Waals surface area contributed by atoms with Gasteiger partial charge >= 0.3 is 0 Å². The van der Waals surface area contributed by atoms with Crippen LogP contribution in [0.4, 0.5) is 0 Å². The van der Waals surface area contributed by atoms with Crippen LogP contribution in [0.3, 0.4) is 0 Å². The van der Waals surface area contributed by atoms with Crippen LogP contribution in [0.1, 0.15) is 73.8 Å². The monoisotopic (exact) mass is 273 g/mol. The maximum absolute atomic E-state index is 12.0. The largest absolute Gasteiger partial charge is 0.349 e. The molecule has 0 radical (unpaired) electrons. The molecule has 1 aromatic carbocycles. The molecular weight excluding hydrogens is 250 g/mol. The van der Waals surface area contributed by atoms with Gasteiger partial charge in [-0.15, -0.1) is 0 Å². The lowest BCUT2D eigenvalue weighted by molar-refractivity contribution is -0.122. The Balaban J connectivity index is 1.92. The lowest BCUT2D eigenvalue weighted by Crippen LogP contribution is -2.32. The van der Waals surface area contributed by atoms with Crippen molar-refractivity contribution in [1.29, 1.82) is 0 Å². The number of unbranched alkanes of at least 4 members (excludes halogenated alkanes) is 3. The van der Waals surface area contributed by atoms with Crippen molar-refractivity contribution in [2.24, 2.45) is 0 Å². The second kappa shape index (κ2) is 7.22. The van der Waals surface area contributed by atoms with Crippen LogP contribution < -0.4 is 5.32 Å². The maximum atomic E-state index is 12.0. The van der Waals surface area contributed by atoms with Crippen molar-refractivity contribution in [2.45, 2.75) is 57.9 Å². The number of hydrogen-bond donors (Lipinski definition) is 1. The number of Topliss-reactive ketones (excluding diaryl/α,β-unsaturated/α-hetero) is 1. The fourth-order valence-electron chi connectivity index (χ4n) is 2.75. The van der Waals surface area contributed by atoms with Gasteiger partial charge in [0.05, 0.1) is 6.04 Å². The molecule has 20 heavy (non-hydrogen) atoms. The molecule has 1 unspecified atom stereocenters. The van der Waals surface area contributed by atoms with Crippen LogP contribution in [0.25, 0.3) is 0 Å². The molecule has 1 aliphatic rings. The first kappa shape index (κ1) is 14.8. The zero-order valence-electron chi connectivity index (χ0n) is 12.2. The molecule has 2 rings (SSSR count). The highest BCUT2D eigenvalue weighted by Crippen LogP contribution is 2.29. The van der Waals surface area contributed by atoms with E-state index >= 15 is 0 Å². The minimum Gasteiger partial charge on any atom is -0.349 e. The Labute approximate surface area is 120 Å². The summed E-state index contributed by atoms with van der Waals surface area (Å²) in [6.07, 6.45) is 6.27. The highest BCUT2D eigenvalue weighted by atomic mass is 16.1. The number of carbonyl (C=O) groups is 2. The van der Waals surface area contributed by atoms with Gasteiger partial charge in [-0.1, -0.05) is 50.5 Å². The van der Waals surface area contributed by atoms with Crippen LogP contribution in [0.5, 0.6) is 0 Å². The van der Waals surface area contributed by atoms with Crippen molar-refractivity contribution < 1.29 is 9.59 Å². The maximum Gasteiger partial charge on any atom is 0.220 e. The third kappa shape index (κ3) is 3.69. The van der Waals surface area contributed by atoms with Gasteiger partial charge in [0.1, 0.15) is 0 Å². The Bertz CT molecular complexity index is 482. The number of hydrogen-bond acceptors (Lipinski definition) is 2. The summed E-state index contributed by atoms with van der Waals surface area (Å²) in [6.45, 7) is 2.16. The molecule has 0 fully saturated rings. The van der Waals surface area contributed by atoms with Gasteiger partial charge in [0.2, 0.25) is 5.91 Å². The molecule has 3 heteroatoms. The minimum absolute atomic E-state index is 0.00238. The van der Waals surface area contributed by atoms with Crippen molar-refractivity contribution in [2.75, 3.05) is 0 Å². The van der Waals surface area contributed by atoms with Gasteiger partial charge in [-0.25, -0.2) is 0 Å². The smallest absolute Gasteiger partial charge is 0.220 e. The van der Waals surface area contributed by atoms with E-state index in [1.807, 2.05) is 24.3 Å². The average Bonchev–Trinajstić information content (AvgIpc) is 2.47. The third-order valence-electron chi connectivity index (χ3n) is 3.89. The summed E-state index contributed by atoms with van der Waals surface area (Å²) in [5.41, 5.74) is 1.75. The topological polar surface area (TPSA) is 46.2 Å². The van der Waals surface area contributed by atoms with Crippen LogP contribution in [0, 0.1) is 0 Å². The van der Waals surface area contributed by atoms with Gasteiger partial charge in [0, 0.05) is 18.4 Å². The quantitative estimate of drug-likeness (QED) is 0.801. The average molecular weight is 273 g/mol. The van der Waals surface area contributed by atoms with Crippen molar-refractivity contribution in [1.82, 2.24) is 5.32 Å². The highest BCUT2D eigenvalue weighted by Gasteiger charge is 2.25. The summed E-state index contributed by atoms with van der Waals surface area (Å²) >= 11 is 0. The fraction of sp³-hybridized carbons (Fsp3) is 0.529. The van der Waals surface area contributed by atoms with E-state index in [-0.39, 0.29) is 17.7 Å². The van der Waals surface area contributed by atoms with E-state index in [0.29, 0.717) is 12.8 Å². The number of benzene rings is 1. The third-order valence-corrected chi connectivity index (χ3v) is 3.89. The van der Waals surface area contributed by atoms with Crippen molar-refractivity contribution >= 4 is 11.7 Å². The normalized spacial score (nSPS) is 17.6. The number of nitrogens with one attached hydrogen (secondary N) is 1. The van der Waals surface area contributed by atoms with E-state index in [9.17, 15) is 9.59 Å². The van der Waals surface area contributed by atoms with E-state index in [4.69, 9.17) is 0 Å². The van der Waals surface area contributed by atoms with Crippen LogP contribution in [-0.2, 0) is 4.79 Å². The Kier molecular flexibility index (Phi) is 5.33.